The van der Waals surface area contributed by atoms with Gasteiger partial charge in [0.1, 0.15) is 33.5 Å². The van der Waals surface area contributed by atoms with Crippen molar-refractivity contribution in [3.63, 3.8) is 0 Å². The second-order valence-electron chi connectivity index (χ2n) is 23.9. The number of benzene rings is 11. The second-order valence-corrected chi connectivity index (χ2v) is 23.9. The molecule has 376 valence electrons. The molecule has 0 saturated carbocycles. The average molecular weight is 1020 g/mol. The van der Waals surface area contributed by atoms with Gasteiger partial charge in [0.25, 0.3) is 0 Å². The van der Waals surface area contributed by atoms with Crippen LogP contribution in [-0.2, 0) is 16.2 Å². The van der Waals surface area contributed by atoms with E-state index in [4.69, 9.17) is 13.3 Å². The van der Waals surface area contributed by atoms with Gasteiger partial charge in [-0.2, -0.15) is 0 Å². The Balaban J connectivity index is 0.858. The first-order chi connectivity index (χ1) is 38.4. The molecule has 0 unspecified atom stereocenters. The molecule has 4 nitrogen and oxygen atoms in total. The molecule has 0 N–H and O–H groups in total. The molecular formula is C75H53NO3. The molecule has 3 heterocycles. The summed E-state index contributed by atoms with van der Waals surface area (Å²) in [6.07, 6.45) is 0. The minimum Gasteiger partial charge on any atom is -0.456 e. The molecule has 0 atom stereocenters. The Morgan fingerprint density at radius 2 is 0.785 bits per heavy atom. The highest BCUT2D eigenvalue weighted by Crippen LogP contribution is 2.61. The fourth-order valence-corrected chi connectivity index (χ4v) is 14.8. The van der Waals surface area contributed by atoms with Crippen LogP contribution in [0.4, 0.5) is 17.1 Å². The number of nitrogens with zero attached hydrogens (tertiary/aromatic N) is 1. The summed E-state index contributed by atoms with van der Waals surface area (Å²) in [5, 5.41) is 6.86. The average Bonchev–Trinajstić information content (AvgIpc) is 4.48. The molecule has 14 aromatic rings. The number of rotatable bonds is 5. The summed E-state index contributed by atoms with van der Waals surface area (Å²) in [6.45, 7) is 14.4. The first-order valence-corrected chi connectivity index (χ1v) is 27.7. The third kappa shape index (κ3) is 5.88. The molecule has 0 fully saturated rings. The molecule has 3 aliphatic rings. The van der Waals surface area contributed by atoms with Gasteiger partial charge >= 0.3 is 0 Å². The highest BCUT2D eigenvalue weighted by atomic mass is 16.3. The molecule has 0 radical (unpaired) electrons. The van der Waals surface area contributed by atoms with Gasteiger partial charge in [-0.15, -0.1) is 0 Å². The van der Waals surface area contributed by atoms with Crippen LogP contribution < -0.4 is 4.90 Å². The fourth-order valence-electron chi connectivity index (χ4n) is 14.8. The van der Waals surface area contributed by atoms with Crippen molar-refractivity contribution in [1.29, 1.82) is 0 Å². The van der Waals surface area contributed by atoms with Gasteiger partial charge in [-0.1, -0.05) is 175 Å². The maximum Gasteiger partial charge on any atom is 0.143 e. The fraction of sp³-hybridized carbons (Fsp3) is 0.120. The maximum atomic E-state index is 7.03. The lowest BCUT2D eigenvalue weighted by atomic mass is 9.79. The van der Waals surface area contributed by atoms with E-state index in [-0.39, 0.29) is 16.2 Å². The van der Waals surface area contributed by atoms with Crippen LogP contribution in [-0.4, -0.2) is 0 Å². The third-order valence-electron chi connectivity index (χ3n) is 18.7. The predicted octanol–water partition coefficient (Wildman–Crippen LogP) is 21.1. The summed E-state index contributed by atoms with van der Waals surface area (Å²) in [5.41, 5.74) is 28.1. The standard InChI is InChI=1S/C75H53NO3/c1-73(2)55-35-36-66-70(50-23-12-16-28-63(50)78-66)69(55)54-41-58-52(39-59(54)73)46-33-31-43(37-56(46)74(58,3)4)76(61-26-14-10-21-45(61)42-19-8-7-9-20-42)44-32-34-48-57(38-44)75(5,6)60-40-53(72-71(68(48)60)51-24-13-17-29-64(51)79-72)47-25-18-30-65-67(47)49-22-11-15-27-62(49)77-65/h7-41H,1-6H3. The highest BCUT2D eigenvalue weighted by molar-refractivity contribution is 6.22. The van der Waals surface area contributed by atoms with Gasteiger partial charge in [0, 0.05) is 71.1 Å². The van der Waals surface area contributed by atoms with Crippen molar-refractivity contribution in [3.8, 4) is 55.6 Å². The summed E-state index contributed by atoms with van der Waals surface area (Å²) in [4.78, 5) is 2.51. The number of furan rings is 3. The van der Waals surface area contributed by atoms with Crippen molar-refractivity contribution in [2.24, 2.45) is 0 Å². The van der Waals surface area contributed by atoms with Crippen LogP contribution in [0.15, 0.2) is 226 Å². The highest BCUT2D eigenvalue weighted by Gasteiger charge is 2.44. The lowest BCUT2D eigenvalue weighted by Gasteiger charge is -2.31. The van der Waals surface area contributed by atoms with Crippen molar-refractivity contribution in [1.82, 2.24) is 0 Å². The Hall–Kier alpha value is -9.38. The summed E-state index contributed by atoms with van der Waals surface area (Å²) in [7, 11) is 0. The molecule has 3 aliphatic carbocycles. The first-order valence-electron chi connectivity index (χ1n) is 27.7. The van der Waals surface area contributed by atoms with E-state index in [0.717, 1.165) is 83.2 Å². The smallest absolute Gasteiger partial charge is 0.143 e. The molecule has 0 aliphatic heterocycles. The van der Waals surface area contributed by atoms with Gasteiger partial charge in [0.2, 0.25) is 0 Å². The van der Waals surface area contributed by atoms with Gasteiger partial charge in [-0.25, -0.2) is 0 Å². The van der Waals surface area contributed by atoms with Crippen molar-refractivity contribution in [2.45, 2.75) is 57.8 Å². The van der Waals surface area contributed by atoms with Crippen LogP contribution in [0.25, 0.3) is 121 Å². The van der Waals surface area contributed by atoms with Gasteiger partial charge in [-0.3, -0.25) is 0 Å². The zero-order chi connectivity index (χ0) is 52.8. The minimum absolute atomic E-state index is 0.196. The number of hydrogen-bond acceptors (Lipinski definition) is 4. The Bertz CT molecular complexity index is 5000. The Morgan fingerprint density at radius 3 is 1.52 bits per heavy atom. The van der Waals surface area contributed by atoms with Crippen molar-refractivity contribution >= 4 is 82.9 Å². The van der Waals surface area contributed by atoms with Crippen LogP contribution in [0.5, 0.6) is 0 Å². The zero-order valence-corrected chi connectivity index (χ0v) is 44.9. The number of anilines is 3. The number of hydrogen-bond donors (Lipinski definition) is 0. The van der Waals surface area contributed by atoms with E-state index < -0.39 is 0 Å². The van der Waals surface area contributed by atoms with Crippen LogP contribution >= 0.6 is 0 Å². The zero-order valence-electron chi connectivity index (χ0n) is 44.9. The summed E-state index contributed by atoms with van der Waals surface area (Å²) in [5.74, 6) is 0. The molecule has 0 bridgehead atoms. The van der Waals surface area contributed by atoms with Gasteiger partial charge < -0.3 is 18.2 Å². The topological polar surface area (TPSA) is 42.7 Å². The lowest BCUT2D eigenvalue weighted by Crippen LogP contribution is -2.18. The molecular weight excluding hydrogens is 963 g/mol. The Kier molecular flexibility index (Phi) is 8.73. The minimum atomic E-state index is -0.387. The maximum absolute atomic E-state index is 7.03. The van der Waals surface area contributed by atoms with Crippen LogP contribution in [0.2, 0.25) is 0 Å². The Morgan fingerprint density at radius 1 is 0.291 bits per heavy atom. The third-order valence-corrected chi connectivity index (χ3v) is 18.7. The number of fused-ring (bicyclic) bond motifs is 20. The van der Waals surface area contributed by atoms with Crippen LogP contribution in [0.3, 0.4) is 0 Å². The van der Waals surface area contributed by atoms with Crippen molar-refractivity contribution < 1.29 is 13.3 Å². The van der Waals surface area contributed by atoms with E-state index in [0.29, 0.717) is 0 Å². The normalized spacial score (nSPS) is 15.0. The lowest BCUT2D eigenvalue weighted by molar-refractivity contribution is 0.651. The molecule has 79 heavy (non-hydrogen) atoms. The molecule has 17 rings (SSSR count). The number of para-hydroxylation sites is 4. The molecule has 11 aromatic carbocycles. The van der Waals surface area contributed by atoms with E-state index in [1.54, 1.807) is 0 Å². The van der Waals surface area contributed by atoms with E-state index in [1.165, 1.54) is 88.7 Å². The van der Waals surface area contributed by atoms with E-state index >= 15 is 0 Å². The van der Waals surface area contributed by atoms with E-state index in [9.17, 15) is 0 Å². The van der Waals surface area contributed by atoms with Gasteiger partial charge in [-0.05, 0) is 157 Å². The monoisotopic (exact) mass is 1020 g/mol. The predicted molar refractivity (Wildman–Crippen MR) is 327 cm³/mol. The van der Waals surface area contributed by atoms with Gasteiger partial charge in [0.15, 0.2) is 0 Å². The largest absolute Gasteiger partial charge is 0.456 e. The van der Waals surface area contributed by atoms with E-state index in [2.05, 4.69) is 253 Å². The van der Waals surface area contributed by atoms with Gasteiger partial charge in [0.05, 0.1) is 5.69 Å². The molecule has 4 heteroatoms. The van der Waals surface area contributed by atoms with Crippen LogP contribution in [0.1, 0.15) is 74.9 Å². The molecule has 3 aromatic heterocycles. The SMILES string of the molecule is CC1(C)c2cc(N(c3ccc4c(c3)C(C)(C)c3cc(-c5cccc6oc7ccccc7c56)c5oc6ccccc6c5c3-4)c3ccccc3-c3ccccc3)ccc2-c2cc3c(cc21)-c1c(ccc2oc4ccccc4c12)C3(C)C. The quantitative estimate of drug-likeness (QED) is 0.172. The summed E-state index contributed by atoms with van der Waals surface area (Å²) < 4.78 is 20.0. The van der Waals surface area contributed by atoms with Crippen LogP contribution in [0, 0.1) is 0 Å². The second kappa shape index (κ2) is 15.4. The van der Waals surface area contributed by atoms with Crippen molar-refractivity contribution in [3.05, 3.63) is 246 Å². The molecule has 0 amide bonds. The molecule has 0 saturated heterocycles. The Labute approximate surface area is 457 Å². The summed E-state index contributed by atoms with van der Waals surface area (Å²) >= 11 is 0. The van der Waals surface area contributed by atoms with E-state index in [1.807, 2.05) is 6.07 Å². The molecule has 0 spiro atoms. The summed E-state index contributed by atoms with van der Waals surface area (Å²) in [6, 6.07) is 78.0. The first kappa shape index (κ1) is 44.7. The van der Waals surface area contributed by atoms with Crippen molar-refractivity contribution in [2.75, 3.05) is 4.90 Å².